The second-order valence-electron chi connectivity index (χ2n) is 8.74. The summed E-state index contributed by atoms with van der Waals surface area (Å²) in [6.07, 6.45) is -1.13. The van der Waals surface area contributed by atoms with Crippen LogP contribution in [0.4, 0.5) is 13.2 Å². The highest BCUT2D eigenvalue weighted by atomic mass is 32.2. The Kier molecular flexibility index (Phi) is 8.86. The van der Waals surface area contributed by atoms with E-state index in [1.54, 1.807) is 11.8 Å². The molecule has 1 fully saturated rings. The Morgan fingerprint density at radius 2 is 1.76 bits per heavy atom. The van der Waals surface area contributed by atoms with Gasteiger partial charge in [-0.15, -0.1) is 11.8 Å². The minimum Gasteiger partial charge on any atom is -0.482 e. The van der Waals surface area contributed by atoms with Gasteiger partial charge < -0.3 is 9.15 Å². The van der Waals surface area contributed by atoms with Crippen LogP contribution in [0.2, 0.25) is 0 Å². The van der Waals surface area contributed by atoms with Crippen LogP contribution in [-0.4, -0.2) is 50.1 Å². The van der Waals surface area contributed by atoms with Gasteiger partial charge in [-0.05, 0) is 49.1 Å². The molecule has 0 bridgehead atoms. The Morgan fingerprint density at radius 1 is 1.03 bits per heavy atom. The van der Waals surface area contributed by atoms with Crippen LogP contribution in [0.5, 0.6) is 5.75 Å². The number of benzene rings is 2. The predicted molar refractivity (Wildman–Crippen MR) is 138 cm³/mol. The number of halogens is 3. The minimum atomic E-state index is -4.78. The van der Waals surface area contributed by atoms with Crippen molar-refractivity contribution in [2.24, 2.45) is 0 Å². The molecule has 4 rings (SSSR count). The Labute approximate surface area is 223 Å². The van der Waals surface area contributed by atoms with Crippen LogP contribution in [-0.2, 0) is 29.4 Å². The Hall–Kier alpha value is -2.80. The van der Waals surface area contributed by atoms with Crippen molar-refractivity contribution in [2.75, 3.05) is 32.4 Å². The van der Waals surface area contributed by atoms with Crippen molar-refractivity contribution in [3.05, 3.63) is 88.0 Å². The van der Waals surface area contributed by atoms with Crippen molar-refractivity contribution in [2.45, 2.75) is 35.5 Å². The molecule has 38 heavy (non-hydrogen) atoms. The fourth-order valence-corrected chi connectivity index (χ4v) is 6.23. The van der Waals surface area contributed by atoms with Gasteiger partial charge in [0.15, 0.2) is 0 Å². The summed E-state index contributed by atoms with van der Waals surface area (Å²) in [5.41, 5.74) is -0.606. The van der Waals surface area contributed by atoms with E-state index in [0.717, 1.165) is 26.9 Å². The Balaban J connectivity index is 1.38. The van der Waals surface area contributed by atoms with Crippen molar-refractivity contribution < 1.29 is 30.7 Å². The van der Waals surface area contributed by atoms with Crippen LogP contribution >= 0.6 is 11.8 Å². The second-order valence-corrected chi connectivity index (χ2v) is 11.5. The molecule has 0 atom stereocenters. The first-order chi connectivity index (χ1) is 18.1. The number of sulfonamides is 1. The van der Waals surface area contributed by atoms with E-state index >= 15 is 0 Å². The Morgan fingerprint density at radius 3 is 2.45 bits per heavy atom. The molecule has 7 nitrogen and oxygen atoms in total. The van der Waals surface area contributed by atoms with Crippen molar-refractivity contribution in [1.82, 2.24) is 9.21 Å². The predicted octanol–water partition coefficient (Wildman–Crippen LogP) is 4.86. The maximum absolute atomic E-state index is 13.4. The second kappa shape index (κ2) is 11.9. The van der Waals surface area contributed by atoms with Crippen LogP contribution in [0.1, 0.15) is 23.3 Å². The monoisotopic (exact) mass is 568 g/mol. The van der Waals surface area contributed by atoms with Gasteiger partial charge in [0.05, 0.1) is 17.0 Å². The quantitative estimate of drug-likeness (QED) is 0.359. The summed E-state index contributed by atoms with van der Waals surface area (Å²) >= 11 is 1.63. The molecule has 0 N–H and O–H groups in total. The summed E-state index contributed by atoms with van der Waals surface area (Å²) < 4.78 is 78.7. The summed E-state index contributed by atoms with van der Waals surface area (Å²) in [5.74, 6) is 0.463. The van der Waals surface area contributed by atoms with Gasteiger partial charge in [0, 0.05) is 30.6 Å². The van der Waals surface area contributed by atoms with Crippen LogP contribution < -0.4 is 10.2 Å². The van der Waals surface area contributed by atoms with Gasteiger partial charge in [-0.3, -0.25) is 9.69 Å². The standard InChI is InChI=1S/C26H27F3N2O5S2/c1-37-21-9-7-19(8-10-21)17-36-24-18-35-20(15-23(24)32)16-30-11-4-12-31(14-13-30)38(33,34)25-6-3-2-5-22(25)26(27,28)29/h2-3,5-10,15,18H,4,11-14,16-17H2,1H3. The molecule has 0 saturated carbocycles. The Bertz CT molecular complexity index is 1410. The highest BCUT2D eigenvalue weighted by Gasteiger charge is 2.39. The number of ether oxygens (including phenoxy) is 1. The molecule has 1 aliphatic heterocycles. The zero-order chi connectivity index (χ0) is 27.3. The van der Waals surface area contributed by atoms with Gasteiger partial charge in [0.25, 0.3) is 0 Å². The third kappa shape index (κ3) is 6.79. The molecular formula is C26H27F3N2O5S2. The molecule has 12 heteroatoms. The van der Waals surface area contributed by atoms with Crippen molar-refractivity contribution in [3.63, 3.8) is 0 Å². The summed E-state index contributed by atoms with van der Waals surface area (Å²) in [6.45, 7) is 1.31. The first-order valence-electron chi connectivity index (χ1n) is 11.8. The zero-order valence-electron chi connectivity index (χ0n) is 20.6. The maximum Gasteiger partial charge on any atom is 0.417 e. The smallest absolute Gasteiger partial charge is 0.417 e. The molecule has 2 aromatic carbocycles. The first-order valence-corrected chi connectivity index (χ1v) is 14.5. The topological polar surface area (TPSA) is 80.1 Å². The molecule has 1 aromatic heterocycles. The molecule has 0 radical (unpaired) electrons. The fourth-order valence-electron chi connectivity index (χ4n) is 4.14. The van der Waals surface area contributed by atoms with Crippen LogP contribution in [0.15, 0.2) is 79.9 Å². The number of alkyl halides is 3. The van der Waals surface area contributed by atoms with Gasteiger partial charge in [0.2, 0.25) is 21.2 Å². The van der Waals surface area contributed by atoms with Gasteiger partial charge in [0.1, 0.15) is 18.6 Å². The normalized spacial score (nSPS) is 15.8. The largest absolute Gasteiger partial charge is 0.482 e. The SMILES string of the molecule is CSc1ccc(COc2coc(CN3CCCN(S(=O)(=O)c4ccccc4C(F)(F)F)CC3)cc2=O)cc1. The zero-order valence-corrected chi connectivity index (χ0v) is 22.2. The number of nitrogens with zero attached hydrogens (tertiary/aromatic N) is 2. The third-order valence-electron chi connectivity index (χ3n) is 6.14. The number of hydrogen-bond donors (Lipinski definition) is 0. The molecule has 0 aliphatic carbocycles. The van der Waals surface area contributed by atoms with Gasteiger partial charge in [-0.2, -0.15) is 17.5 Å². The van der Waals surface area contributed by atoms with Gasteiger partial charge in [-0.25, -0.2) is 8.42 Å². The lowest BCUT2D eigenvalue weighted by Gasteiger charge is -2.23. The van der Waals surface area contributed by atoms with E-state index in [-0.39, 0.29) is 44.0 Å². The highest BCUT2D eigenvalue weighted by molar-refractivity contribution is 7.98. The van der Waals surface area contributed by atoms with E-state index < -0.39 is 26.7 Å². The van der Waals surface area contributed by atoms with Crippen molar-refractivity contribution in [1.29, 1.82) is 0 Å². The summed E-state index contributed by atoms with van der Waals surface area (Å²) in [7, 11) is -4.35. The van der Waals surface area contributed by atoms with E-state index in [0.29, 0.717) is 18.7 Å². The lowest BCUT2D eigenvalue weighted by atomic mass is 10.2. The minimum absolute atomic E-state index is 0.00921. The highest BCUT2D eigenvalue weighted by Crippen LogP contribution is 2.35. The molecule has 0 unspecified atom stereocenters. The molecule has 204 valence electrons. The number of rotatable bonds is 8. The molecular weight excluding hydrogens is 541 g/mol. The maximum atomic E-state index is 13.4. The van der Waals surface area contributed by atoms with Gasteiger partial charge >= 0.3 is 6.18 Å². The van der Waals surface area contributed by atoms with Crippen LogP contribution in [0.25, 0.3) is 0 Å². The van der Waals surface area contributed by atoms with E-state index in [1.807, 2.05) is 35.4 Å². The summed E-state index contributed by atoms with van der Waals surface area (Å²) in [4.78, 5) is 14.8. The lowest BCUT2D eigenvalue weighted by molar-refractivity contribution is -0.139. The van der Waals surface area contributed by atoms with Crippen LogP contribution in [0, 0.1) is 0 Å². The number of thioether (sulfide) groups is 1. The van der Waals surface area contributed by atoms with E-state index in [1.165, 1.54) is 24.5 Å². The molecule has 1 saturated heterocycles. The van der Waals surface area contributed by atoms with E-state index in [2.05, 4.69) is 0 Å². The van der Waals surface area contributed by atoms with E-state index in [4.69, 9.17) is 9.15 Å². The molecule has 3 aromatic rings. The molecule has 1 aliphatic rings. The van der Waals surface area contributed by atoms with Crippen molar-refractivity contribution in [3.8, 4) is 5.75 Å². The summed E-state index contributed by atoms with van der Waals surface area (Å²) in [6, 6.07) is 13.3. The summed E-state index contributed by atoms with van der Waals surface area (Å²) in [5, 5.41) is 0. The van der Waals surface area contributed by atoms with Gasteiger partial charge in [-0.1, -0.05) is 24.3 Å². The average Bonchev–Trinajstić information content (AvgIpc) is 3.14. The van der Waals surface area contributed by atoms with E-state index in [9.17, 15) is 26.4 Å². The van der Waals surface area contributed by atoms with Crippen LogP contribution in [0.3, 0.4) is 0 Å². The number of hydrogen-bond acceptors (Lipinski definition) is 7. The molecule has 2 heterocycles. The molecule has 0 spiro atoms. The fraction of sp³-hybridized carbons (Fsp3) is 0.346. The molecule has 0 amide bonds. The van der Waals surface area contributed by atoms with Crippen molar-refractivity contribution >= 4 is 21.8 Å². The first kappa shape index (κ1) is 28.2. The average molecular weight is 569 g/mol. The third-order valence-corrected chi connectivity index (χ3v) is 8.84. The lowest BCUT2D eigenvalue weighted by Crippen LogP contribution is -2.36.